The fourth-order valence-corrected chi connectivity index (χ4v) is 2.58. The van der Waals surface area contributed by atoms with Crippen LogP contribution < -0.4 is 5.32 Å². The molecule has 0 saturated carbocycles. The van der Waals surface area contributed by atoms with Gasteiger partial charge in [-0.05, 0) is 32.9 Å². The second-order valence-electron chi connectivity index (χ2n) is 6.37. The number of carbonyl (C=O) groups excluding carboxylic acids is 1. The maximum absolute atomic E-state index is 12.2. The first-order valence-electron chi connectivity index (χ1n) is 7.02. The van der Waals surface area contributed by atoms with Gasteiger partial charge in [0.05, 0.1) is 5.52 Å². The second-order valence-corrected chi connectivity index (χ2v) is 6.37. The van der Waals surface area contributed by atoms with Crippen LogP contribution in [0.15, 0.2) is 36.5 Å². The van der Waals surface area contributed by atoms with Gasteiger partial charge in [-0.1, -0.05) is 18.2 Å². The molecular weight excluding hydrogens is 262 g/mol. The normalized spacial score (nSPS) is 12.0. The van der Waals surface area contributed by atoms with Crippen LogP contribution in [0.4, 0.5) is 0 Å². The lowest BCUT2D eigenvalue weighted by molar-refractivity contribution is 0.0914. The van der Waals surface area contributed by atoms with Crippen LogP contribution in [0.25, 0.3) is 21.8 Å². The smallest absolute Gasteiger partial charge is 0.270 e. The first-order valence-corrected chi connectivity index (χ1v) is 7.02. The molecule has 1 aromatic carbocycles. The van der Waals surface area contributed by atoms with Gasteiger partial charge in [0.25, 0.3) is 5.91 Å². The first kappa shape index (κ1) is 13.6. The molecule has 1 N–H and O–H groups in total. The van der Waals surface area contributed by atoms with Crippen molar-refractivity contribution in [2.75, 3.05) is 0 Å². The van der Waals surface area contributed by atoms with Crippen molar-refractivity contribution >= 4 is 27.7 Å². The Balaban J connectivity index is 2.15. The molecule has 4 heteroatoms. The molecule has 3 aromatic rings. The molecule has 0 aliphatic heterocycles. The number of nitrogens with zero attached hydrogens (tertiary/aromatic N) is 2. The third-order valence-corrected chi connectivity index (χ3v) is 3.52. The van der Waals surface area contributed by atoms with Crippen molar-refractivity contribution in [3.8, 4) is 0 Å². The highest BCUT2D eigenvalue weighted by Gasteiger charge is 2.17. The molecule has 3 rings (SSSR count). The summed E-state index contributed by atoms with van der Waals surface area (Å²) in [5.41, 5.74) is 2.34. The van der Waals surface area contributed by atoms with E-state index in [1.165, 1.54) is 0 Å². The monoisotopic (exact) mass is 281 g/mol. The highest BCUT2D eigenvalue weighted by atomic mass is 16.2. The number of aromatic nitrogens is 2. The number of carbonyl (C=O) groups is 1. The van der Waals surface area contributed by atoms with Crippen molar-refractivity contribution in [3.63, 3.8) is 0 Å². The summed E-state index contributed by atoms with van der Waals surface area (Å²) in [6.45, 7) is 5.88. The number of fused-ring (bicyclic) bond motifs is 3. The number of rotatable bonds is 1. The van der Waals surface area contributed by atoms with Crippen LogP contribution in [0.2, 0.25) is 0 Å². The fraction of sp³-hybridized carbons (Fsp3) is 0.294. The van der Waals surface area contributed by atoms with Gasteiger partial charge in [0.2, 0.25) is 0 Å². The number of amides is 1. The summed E-state index contributed by atoms with van der Waals surface area (Å²) in [6.07, 6.45) is 1.79. The topological polar surface area (TPSA) is 46.9 Å². The van der Waals surface area contributed by atoms with E-state index in [1.54, 1.807) is 6.20 Å². The van der Waals surface area contributed by atoms with E-state index in [0.29, 0.717) is 5.69 Å². The Labute approximate surface area is 123 Å². The predicted octanol–water partition coefficient (Wildman–Crippen LogP) is 3.25. The highest BCUT2D eigenvalue weighted by molar-refractivity contribution is 6.09. The quantitative estimate of drug-likeness (QED) is 0.744. The molecule has 2 heterocycles. The highest BCUT2D eigenvalue weighted by Crippen LogP contribution is 2.27. The fourth-order valence-electron chi connectivity index (χ4n) is 2.58. The molecule has 0 spiro atoms. The van der Waals surface area contributed by atoms with Gasteiger partial charge in [-0.3, -0.25) is 9.78 Å². The maximum Gasteiger partial charge on any atom is 0.270 e. The van der Waals surface area contributed by atoms with Crippen molar-refractivity contribution in [1.82, 2.24) is 14.9 Å². The lowest BCUT2D eigenvalue weighted by Crippen LogP contribution is -2.40. The van der Waals surface area contributed by atoms with E-state index in [-0.39, 0.29) is 11.4 Å². The molecule has 0 radical (unpaired) electrons. The Bertz CT molecular complexity index is 840. The van der Waals surface area contributed by atoms with Crippen molar-refractivity contribution in [1.29, 1.82) is 0 Å². The predicted molar refractivity (Wildman–Crippen MR) is 85.4 cm³/mol. The van der Waals surface area contributed by atoms with Crippen LogP contribution in [0.3, 0.4) is 0 Å². The second kappa shape index (κ2) is 4.58. The summed E-state index contributed by atoms with van der Waals surface area (Å²) in [5.74, 6) is -0.144. The Morgan fingerprint density at radius 1 is 1.14 bits per heavy atom. The Hall–Kier alpha value is -2.36. The Morgan fingerprint density at radius 2 is 1.86 bits per heavy atom. The molecule has 1 amide bonds. The lowest BCUT2D eigenvalue weighted by Gasteiger charge is -2.20. The minimum atomic E-state index is -0.271. The number of nitrogens with one attached hydrogen (secondary N) is 1. The summed E-state index contributed by atoms with van der Waals surface area (Å²) in [6, 6.07) is 10.0. The summed E-state index contributed by atoms with van der Waals surface area (Å²) >= 11 is 0. The molecule has 0 unspecified atom stereocenters. The van der Waals surface area contributed by atoms with Gasteiger partial charge in [-0.15, -0.1) is 0 Å². The van der Waals surface area contributed by atoms with E-state index in [1.807, 2.05) is 46.0 Å². The lowest BCUT2D eigenvalue weighted by atomic mass is 10.1. The average Bonchev–Trinajstić information content (AvgIpc) is 2.71. The molecule has 0 aliphatic rings. The van der Waals surface area contributed by atoms with E-state index >= 15 is 0 Å². The van der Waals surface area contributed by atoms with Gasteiger partial charge >= 0.3 is 0 Å². The zero-order valence-corrected chi connectivity index (χ0v) is 12.8. The van der Waals surface area contributed by atoms with Gasteiger partial charge in [0.1, 0.15) is 5.69 Å². The van der Waals surface area contributed by atoms with Gasteiger partial charge in [0, 0.05) is 35.1 Å². The number of hydrogen-bond acceptors (Lipinski definition) is 2. The maximum atomic E-state index is 12.2. The minimum Gasteiger partial charge on any atom is -0.346 e. The molecule has 21 heavy (non-hydrogen) atoms. The largest absolute Gasteiger partial charge is 0.346 e. The zero-order valence-electron chi connectivity index (χ0n) is 12.8. The number of para-hydroxylation sites is 1. The van der Waals surface area contributed by atoms with Gasteiger partial charge in [-0.25, -0.2) is 0 Å². The number of pyridine rings is 1. The number of hydrogen-bond donors (Lipinski definition) is 1. The van der Waals surface area contributed by atoms with Crippen molar-refractivity contribution < 1.29 is 4.79 Å². The molecular formula is C17H19N3O. The van der Waals surface area contributed by atoms with Gasteiger partial charge in [0.15, 0.2) is 0 Å². The molecule has 0 saturated heterocycles. The van der Waals surface area contributed by atoms with Crippen molar-refractivity contribution in [2.45, 2.75) is 26.3 Å². The molecule has 0 aliphatic carbocycles. The van der Waals surface area contributed by atoms with Crippen molar-refractivity contribution in [3.05, 3.63) is 42.2 Å². The van der Waals surface area contributed by atoms with E-state index < -0.39 is 0 Å². The zero-order chi connectivity index (χ0) is 15.2. The Morgan fingerprint density at radius 3 is 2.57 bits per heavy atom. The summed E-state index contributed by atoms with van der Waals surface area (Å²) in [5, 5.41) is 5.17. The SMILES string of the molecule is Cn1c2ccccc2c2cnc(C(=O)NC(C)(C)C)cc21. The average molecular weight is 281 g/mol. The molecule has 0 bridgehead atoms. The van der Waals surface area contributed by atoms with Crippen LogP contribution in [-0.4, -0.2) is 21.0 Å². The van der Waals surface area contributed by atoms with E-state index in [2.05, 4.69) is 27.0 Å². The number of aryl methyl sites for hydroxylation is 1. The standard InChI is InChI=1S/C17H19N3O/c1-17(2,3)19-16(21)13-9-15-12(10-18-13)11-7-5-6-8-14(11)20(15)4/h5-10H,1-4H3,(H,19,21). The molecule has 0 fully saturated rings. The molecule has 0 atom stereocenters. The molecule has 108 valence electrons. The van der Waals surface area contributed by atoms with Crippen LogP contribution in [0.1, 0.15) is 31.3 Å². The third-order valence-electron chi connectivity index (χ3n) is 3.52. The van der Waals surface area contributed by atoms with Crippen molar-refractivity contribution in [2.24, 2.45) is 7.05 Å². The van der Waals surface area contributed by atoms with Crippen LogP contribution in [0.5, 0.6) is 0 Å². The van der Waals surface area contributed by atoms with Crippen LogP contribution in [-0.2, 0) is 7.05 Å². The van der Waals surface area contributed by atoms with Gasteiger partial charge in [-0.2, -0.15) is 0 Å². The van der Waals surface area contributed by atoms with E-state index in [0.717, 1.165) is 21.8 Å². The molecule has 2 aromatic heterocycles. The summed E-state index contributed by atoms with van der Waals surface area (Å²) < 4.78 is 2.10. The van der Waals surface area contributed by atoms with E-state index in [4.69, 9.17) is 0 Å². The first-order chi connectivity index (χ1) is 9.87. The molecule has 4 nitrogen and oxygen atoms in total. The Kier molecular flexibility index (Phi) is 2.97. The number of benzene rings is 1. The minimum absolute atomic E-state index is 0.144. The van der Waals surface area contributed by atoms with E-state index in [9.17, 15) is 4.79 Å². The van der Waals surface area contributed by atoms with Crippen LogP contribution in [0, 0.1) is 0 Å². The summed E-state index contributed by atoms with van der Waals surface area (Å²) in [7, 11) is 2.01. The summed E-state index contributed by atoms with van der Waals surface area (Å²) in [4.78, 5) is 16.6. The van der Waals surface area contributed by atoms with Crippen LogP contribution >= 0.6 is 0 Å². The third kappa shape index (κ3) is 2.37. The van der Waals surface area contributed by atoms with Gasteiger partial charge < -0.3 is 9.88 Å².